The van der Waals surface area contributed by atoms with Crippen molar-refractivity contribution in [2.75, 3.05) is 6.16 Å². The first-order chi connectivity index (χ1) is 5.20. The third-order valence-corrected chi connectivity index (χ3v) is 3.07. The van der Waals surface area contributed by atoms with Crippen LogP contribution in [-0.4, -0.2) is 12.3 Å². The lowest BCUT2D eigenvalue weighted by atomic mass is 10.4. The zero-order valence-corrected chi connectivity index (χ0v) is 7.08. The quantitative estimate of drug-likeness (QED) is 0.446. The molecule has 0 bridgehead atoms. The minimum absolute atomic E-state index is 0.343. The molecule has 11 heavy (non-hydrogen) atoms. The van der Waals surface area contributed by atoms with E-state index in [9.17, 15) is 4.57 Å². The van der Waals surface area contributed by atoms with Crippen molar-refractivity contribution in [3.8, 4) is 12.3 Å². The molecule has 1 rings (SSSR count). The van der Waals surface area contributed by atoms with Gasteiger partial charge in [0.25, 0.3) is 0 Å². The van der Waals surface area contributed by atoms with Gasteiger partial charge in [0.15, 0.2) is 0 Å². The van der Waals surface area contributed by atoms with Crippen LogP contribution in [0.2, 0.25) is 0 Å². The maximum Gasteiger partial charge on any atom is 0.379 e. The van der Waals surface area contributed by atoms with Crippen molar-refractivity contribution in [3.63, 3.8) is 0 Å². The van der Waals surface area contributed by atoms with E-state index in [1.807, 2.05) is 0 Å². The van der Waals surface area contributed by atoms with Crippen molar-refractivity contribution in [3.05, 3.63) is 12.3 Å². The van der Waals surface area contributed by atoms with Gasteiger partial charge in [-0.15, -0.1) is 6.42 Å². The Balaban J connectivity index is 2.74. The Kier molecular flexibility index (Phi) is 2.38. The normalized spacial score (nSPS) is 35.8. The Bertz CT molecular complexity index is 251. The predicted octanol–water partition coefficient (Wildman–Crippen LogP) is 1.76. The molecule has 0 aromatic rings. The molecule has 0 saturated heterocycles. The summed E-state index contributed by atoms with van der Waals surface area (Å²) >= 11 is 0. The molecule has 0 fully saturated rings. The SMILES string of the molecule is C#CC1C=COP(=O)(CC)O1. The van der Waals surface area contributed by atoms with Crippen LogP contribution >= 0.6 is 7.60 Å². The van der Waals surface area contributed by atoms with Gasteiger partial charge in [-0.3, -0.25) is 4.52 Å². The molecular formula is C7H9O3P. The lowest BCUT2D eigenvalue weighted by Gasteiger charge is -2.21. The average molecular weight is 172 g/mol. The maximum absolute atomic E-state index is 11.4. The first-order valence-electron chi connectivity index (χ1n) is 3.29. The Labute approximate surface area is 65.9 Å². The Morgan fingerprint density at radius 2 is 2.55 bits per heavy atom. The van der Waals surface area contributed by atoms with Gasteiger partial charge < -0.3 is 4.52 Å². The maximum atomic E-state index is 11.4. The fourth-order valence-electron chi connectivity index (χ4n) is 0.667. The largest absolute Gasteiger partial charge is 0.432 e. The molecule has 1 aliphatic heterocycles. The molecule has 0 amide bonds. The number of hydrogen-bond acceptors (Lipinski definition) is 3. The van der Waals surface area contributed by atoms with Crippen LogP contribution in [-0.2, 0) is 13.6 Å². The van der Waals surface area contributed by atoms with E-state index in [-0.39, 0.29) is 0 Å². The van der Waals surface area contributed by atoms with Crippen molar-refractivity contribution in [1.82, 2.24) is 0 Å². The molecule has 0 spiro atoms. The van der Waals surface area contributed by atoms with E-state index in [2.05, 4.69) is 5.92 Å². The smallest absolute Gasteiger partial charge is 0.379 e. The van der Waals surface area contributed by atoms with Crippen molar-refractivity contribution in [2.24, 2.45) is 0 Å². The highest BCUT2D eigenvalue weighted by molar-refractivity contribution is 7.53. The molecule has 2 unspecified atom stereocenters. The molecule has 1 aliphatic rings. The van der Waals surface area contributed by atoms with Crippen molar-refractivity contribution in [1.29, 1.82) is 0 Å². The summed E-state index contributed by atoms with van der Waals surface area (Å²) in [5.74, 6) is 2.33. The molecule has 0 N–H and O–H groups in total. The van der Waals surface area contributed by atoms with Crippen LogP contribution in [0.1, 0.15) is 6.92 Å². The van der Waals surface area contributed by atoms with Gasteiger partial charge >= 0.3 is 7.60 Å². The van der Waals surface area contributed by atoms with E-state index in [4.69, 9.17) is 15.5 Å². The second-order valence-electron chi connectivity index (χ2n) is 2.05. The minimum atomic E-state index is -2.90. The molecule has 2 atom stereocenters. The lowest BCUT2D eigenvalue weighted by Crippen LogP contribution is -2.10. The molecule has 0 aliphatic carbocycles. The monoisotopic (exact) mass is 172 g/mol. The second kappa shape index (κ2) is 3.13. The molecule has 0 aromatic carbocycles. The first kappa shape index (κ1) is 8.39. The zero-order valence-electron chi connectivity index (χ0n) is 6.19. The van der Waals surface area contributed by atoms with E-state index in [1.54, 1.807) is 13.0 Å². The lowest BCUT2D eigenvalue weighted by molar-refractivity contribution is 0.220. The molecule has 3 nitrogen and oxygen atoms in total. The number of terminal acetylenes is 1. The highest BCUT2D eigenvalue weighted by atomic mass is 31.2. The summed E-state index contributed by atoms with van der Waals surface area (Å²) in [6.45, 7) is 1.73. The van der Waals surface area contributed by atoms with Crippen LogP contribution in [0.25, 0.3) is 0 Å². The van der Waals surface area contributed by atoms with Gasteiger partial charge in [-0.1, -0.05) is 12.8 Å². The zero-order chi connectivity index (χ0) is 8.32. The fraction of sp³-hybridized carbons (Fsp3) is 0.429. The van der Waals surface area contributed by atoms with Crippen molar-refractivity contribution >= 4 is 7.60 Å². The highest BCUT2D eigenvalue weighted by Crippen LogP contribution is 2.51. The predicted molar refractivity (Wildman–Crippen MR) is 42.1 cm³/mol. The summed E-state index contributed by atoms with van der Waals surface area (Å²) < 4.78 is 21.2. The third kappa shape index (κ3) is 1.86. The van der Waals surface area contributed by atoms with Gasteiger partial charge in [0.2, 0.25) is 0 Å². The average Bonchev–Trinajstić information content (AvgIpc) is 2.05. The summed E-state index contributed by atoms with van der Waals surface area (Å²) in [4.78, 5) is 0. The second-order valence-corrected chi connectivity index (χ2v) is 4.33. The molecule has 60 valence electrons. The fourth-order valence-corrected chi connectivity index (χ4v) is 1.75. The summed E-state index contributed by atoms with van der Waals surface area (Å²) in [5.41, 5.74) is 0. The standard InChI is InChI=1S/C7H9O3P/c1-3-7-5-6-9-11(8,4-2)10-7/h1,5-7H,4H2,2H3. The summed E-state index contributed by atoms with van der Waals surface area (Å²) in [7, 11) is -2.90. The van der Waals surface area contributed by atoms with Gasteiger partial charge in [-0.25, -0.2) is 4.57 Å². The molecule has 4 heteroatoms. The van der Waals surface area contributed by atoms with Gasteiger partial charge in [0, 0.05) is 0 Å². The van der Waals surface area contributed by atoms with Crippen LogP contribution in [0.3, 0.4) is 0 Å². The van der Waals surface area contributed by atoms with Crippen LogP contribution in [0.5, 0.6) is 0 Å². The summed E-state index contributed by atoms with van der Waals surface area (Å²) in [6, 6.07) is 0. The molecule has 0 saturated carbocycles. The van der Waals surface area contributed by atoms with Gasteiger partial charge in [-0.05, 0) is 6.08 Å². The Hall–Kier alpha value is -0.710. The van der Waals surface area contributed by atoms with Gasteiger partial charge in [-0.2, -0.15) is 0 Å². The summed E-state index contributed by atoms with van der Waals surface area (Å²) in [5, 5.41) is 0. The van der Waals surface area contributed by atoms with E-state index in [0.29, 0.717) is 6.16 Å². The van der Waals surface area contributed by atoms with E-state index >= 15 is 0 Å². The Morgan fingerprint density at radius 3 is 3.09 bits per heavy atom. The number of rotatable bonds is 1. The van der Waals surface area contributed by atoms with Crippen molar-refractivity contribution in [2.45, 2.75) is 13.0 Å². The first-order valence-corrected chi connectivity index (χ1v) is 5.01. The summed E-state index contributed by atoms with van der Waals surface area (Å²) in [6.07, 6.45) is 7.81. The molecule has 1 heterocycles. The third-order valence-electron chi connectivity index (χ3n) is 1.30. The Morgan fingerprint density at radius 1 is 1.82 bits per heavy atom. The molecular weight excluding hydrogens is 163 g/mol. The van der Waals surface area contributed by atoms with Crippen LogP contribution < -0.4 is 0 Å². The van der Waals surface area contributed by atoms with Gasteiger partial charge in [0.1, 0.15) is 6.10 Å². The van der Waals surface area contributed by atoms with E-state index in [0.717, 1.165) is 0 Å². The van der Waals surface area contributed by atoms with Gasteiger partial charge in [0.05, 0.1) is 12.4 Å². The number of hydrogen-bond donors (Lipinski definition) is 0. The molecule has 0 aromatic heterocycles. The van der Waals surface area contributed by atoms with Crippen LogP contribution in [0.4, 0.5) is 0 Å². The van der Waals surface area contributed by atoms with Crippen LogP contribution in [0, 0.1) is 12.3 Å². The van der Waals surface area contributed by atoms with E-state index in [1.165, 1.54) is 6.26 Å². The topological polar surface area (TPSA) is 35.5 Å². The van der Waals surface area contributed by atoms with Crippen molar-refractivity contribution < 1.29 is 13.6 Å². The van der Waals surface area contributed by atoms with E-state index < -0.39 is 13.7 Å². The highest BCUT2D eigenvalue weighted by Gasteiger charge is 2.27. The minimum Gasteiger partial charge on any atom is -0.432 e. The molecule has 0 radical (unpaired) electrons. The van der Waals surface area contributed by atoms with Crippen LogP contribution in [0.15, 0.2) is 12.3 Å².